The highest BCUT2D eigenvalue weighted by Crippen LogP contribution is 2.36. The number of hydrogen-bond acceptors (Lipinski definition) is 6. The zero-order valence-electron chi connectivity index (χ0n) is 17.0. The summed E-state index contributed by atoms with van der Waals surface area (Å²) in [5.74, 6) is 0.633. The Kier molecular flexibility index (Phi) is 5.77. The Labute approximate surface area is 161 Å². The maximum Gasteiger partial charge on any atom is 0.498 e. The Morgan fingerprint density at radius 3 is 2.48 bits per heavy atom. The maximum absolute atomic E-state index is 11.5. The Morgan fingerprint density at radius 1 is 1.26 bits per heavy atom. The summed E-state index contributed by atoms with van der Waals surface area (Å²) in [5, 5.41) is 0. The first-order valence-corrected chi connectivity index (χ1v) is 9.74. The predicted octanol–water partition coefficient (Wildman–Crippen LogP) is 1.80. The van der Waals surface area contributed by atoms with Crippen molar-refractivity contribution >= 4 is 18.5 Å². The third-order valence-electron chi connectivity index (χ3n) is 5.90. The van der Waals surface area contributed by atoms with Gasteiger partial charge in [-0.25, -0.2) is 9.97 Å². The Morgan fingerprint density at radius 2 is 1.89 bits per heavy atom. The van der Waals surface area contributed by atoms with Crippen molar-refractivity contribution < 1.29 is 18.8 Å². The molecular formula is C19H30BN3O4. The molecule has 0 saturated carbocycles. The molecule has 2 aliphatic heterocycles. The molecule has 2 saturated heterocycles. The molecule has 1 aromatic heterocycles. The number of aromatic nitrogens is 2. The summed E-state index contributed by atoms with van der Waals surface area (Å²) in [7, 11) is -0.469. The van der Waals surface area contributed by atoms with Gasteiger partial charge in [-0.2, -0.15) is 0 Å². The molecule has 0 spiro atoms. The van der Waals surface area contributed by atoms with Gasteiger partial charge < -0.3 is 18.9 Å². The lowest BCUT2D eigenvalue weighted by atomic mass is 9.81. The highest BCUT2D eigenvalue weighted by Gasteiger charge is 2.51. The molecule has 8 heteroatoms. The standard InChI is InChI=1S/C19H30BN3O4/c1-14(24)23-9-6-7-15(13-23)8-10-25-17-21-11-16(12-22-17)20-26-18(2,3)19(4,5)27-20/h11-12,15H,6-10,13H2,1-5H3/t15-/m0/s1. The maximum atomic E-state index is 11.5. The van der Waals surface area contributed by atoms with Crippen LogP contribution in [0.1, 0.15) is 53.9 Å². The van der Waals surface area contributed by atoms with Crippen molar-refractivity contribution in [3.05, 3.63) is 12.4 Å². The van der Waals surface area contributed by atoms with Crippen LogP contribution in [0, 0.1) is 5.92 Å². The molecule has 0 N–H and O–H groups in total. The van der Waals surface area contributed by atoms with Crippen LogP contribution in [0.2, 0.25) is 0 Å². The van der Waals surface area contributed by atoms with Gasteiger partial charge in [0.25, 0.3) is 0 Å². The largest absolute Gasteiger partial charge is 0.498 e. The predicted molar refractivity (Wildman–Crippen MR) is 103 cm³/mol. The fraction of sp³-hybridized carbons (Fsp3) is 0.737. The molecular weight excluding hydrogens is 345 g/mol. The third kappa shape index (κ3) is 4.61. The molecule has 3 rings (SSSR count). The van der Waals surface area contributed by atoms with Crippen molar-refractivity contribution in [1.29, 1.82) is 0 Å². The summed E-state index contributed by atoms with van der Waals surface area (Å²) in [6, 6.07) is 0.356. The molecule has 2 aliphatic rings. The second-order valence-electron chi connectivity index (χ2n) is 8.50. The SMILES string of the molecule is CC(=O)N1CCC[C@@H](CCOc2ncc(B3OC(C)(C)C(C)(C)O3)cn2)C1. The minimum Gasteiger partial charge on any atom is -0.463 e. The fourth-order valence-electron chi connectivity index (χ4n) is 3.41. The summed E-state index contributed by atoms with van der Waals surface area (Å²) < 4.78 is 17.7. The highest BCUT2D eigenvalue weighted by atomic mass is 16.7. The van der Waals surface area contributed by atoms with Crippen molar-refractivity contribution in [1.82, 2.24) is 14.9 Å². The smallest absolute Gasteiger partial charge is 0.463 e. The molecule has 0 aliphatic carbocycles. The van der Waals surface area contributed by atoms with Gasteiger partial charge in [0.15, 0.2) is 0 Å². The zero-order chi connectivity index (χ0) is 19.7. The molecule has 1 aromatic rings. The van der Waals surface area contributed by atoms with Crippen LogP contribution in [0.3, 0.4) is 0 Å². The molecule has 0 aromatic carbocycles. The first-order chi connectivity index (χ1) is 12.7. The molecule has 27 heavy (non-hydrogen) atoms. The van der Waals surface area contributed by atoms with Crippen molar-refractivity contribution in [3.8, 4) is 6.01 Å². The van der Waals surface area contributed by atoms with Crippen LogP contribution in [0.25, 0.3) is 0 Å². The average molecular weight is 375 g/mol. The fourth-order valence-corrected chi connectivity index (χ4v) is 3.41. The third-order valence-corrected chi connectivity index (χ3v) is 5.90. The summed E-state index contributed by atoms with van der Waals surface area (Å²) in [4.78, 5) is 22.0. The van der Waals surface area contributed by atoms with Gasteiger partial charge >= 0.3 is 13.1 Å². The second kappa shape index (κ2) is 7.76. The van der Waals surface area contributed by atoms with Crippen LogP contribution in [-0.4, -0.2) is 58.8 Å². The van der Waals surface area contributed by atoms with E-state index in [-0.39, 0.29) is 17.1 Å². The molecule has 1 atom stereocenters. The van der Waals surface area contributed by atoms with Crippen molar-refractivity contribution in [2.45, 2.75) is 65.1 Å². The number of rotatable bonds is 5. The van der Waals surface area contributed by atoms with Gasteiger partial charge in [0, 0.05) is 37.9 Å². The Bertz CT molecular complexity index is 649. The van der Waals surface area contributed by atoms with Crippen molar-refractivity contribution in [2.75, 3.05) is 19.7 Å². The minimum absolute atomic E-state index is 0.155. The van der Waals surface area contributed by atoms with Gasteiger partial charge in [-0.3, -0.25) is 4.79 Å². The first-order valence-electron chi connectivity index (χ1n) is 9.74. The second-order valence-corrected chi connectivity index (χ2v) is 8.50. The van der Waals surface area contributed by atoms with E-state index in [1.54, 1.807) is 19.3 Å². The number of hydrogen-bond donors (Lipinski definition) is 0. The lowest BCUT2D eigenvalue weighted by Gasteiger charge is -2.32. The zero-order valence-corrected chi connectivity index (χ0v) is 17.0. The quantitative estimate of drug-likeness (QED) is 0.731. The topological polar surface area (TPSA) is 73.8 Å². The van der Waals surface area contributed by atoms with Crippen molar-refractivity contribution in [2.24, 2.45) is 5.92 Å². The lowest BCUT2D eigenvalue weighted by molar-refractivity contribution is -0.130. The number of nitrogens with zero attached hydrogens (tertiary/aromatic N) is 3. The minimum atomic E-state index is -0.469. The molecule has 0 bridgehead atoms. The highest BCUT2D eigenvalue weighted by molar-refractivity contribution is 6.61. The molecule has 3 heterocycles. The average Bonchev–Trinajstić information content (AvgIpc) is 2.83. The van der Waals surface area contributed by atoms with E-state index in [0.717, 1.165) is 37.8 Å². The van der Waals surface area contributed by atoms with E-state index in [2.05, 4.69) is 9.97 Å². The van der Waals surface area contributed by atoms with Crippen LogP contribution >= 0.6 is 0 Å². The van der Waals surface area contributed by atoms with Gasteiger partial charge in [0.1, 0.15) is 0 Å². The van der Waals surface area contributed by atoms with E-state index in [0.29, 0.717) is 18.5 Å². The molecule has 148 valence electrons. The Hall–Kier alpha value is -1.67. The number of amides is 1. The Balaban J connectivity index is 1.48. The van der Waals surface area contributed by atoms with E-state index in [4.69, 9.17) is 14.0 Å². The van der Waals surface area contributed by atoms with Gasteiger partial charge in [-0.15, -0.1) is 0 Å². The summed E-state index contributed by atoms with van der Waals surface area (Å²) in [5.41, 5.74) is 0.00615. The van der Waals surface area contributed by atoms with E-state index >= 15 is 0 Å². The normalized spacial score (nSPS) is 24.1. The van der Waals surface area contributed by atoms with E-state index in [1.165, 1.54) is 0 Å². The number of carbonyl (C=O) groups excluding carboxylic acids is 1. The molecule has 0 unspecified atom stereocenters. The van der Waals surface area contributed by atoms with Gasteiger partial charge in [0.05, 0.1) is 17.8 Å². The van der Waals surface area contributed by atoms with Crippen LogP contribution < -0.4 is 10.2 Å². The van der Waals surface area contributed by atoms with Crippen molar-refractivity contribution in [3.63, 3.8) is 0 Å². The van der Waals surface area contributed by atoms with Crippen LogP contribution in [0.15, 0.2) is 12.4 Å². The van der Waals surface area contributed by atoms with Crippen LogP contribution in [-0.2, 0) is 14.1 Å². The number of ether oxygens (including phenoxy) is 1. The summed E-state index contributed by atoms with van der Waals surface area (Å²) in [6.07, 6.45) is 6.48. The molecule has 0 radical (unpaired) electrons. The van der Waals surface area contributed by atoms with Gasteiger partial charge in [0.2, 0.25) is 5.91 Å². The van der Waals surface area contributed by atoms with E-state index in [1.807, 2.05) is 32.6 Å². The number of likely N-dealkylation sites (tertiary alicyclic amines) is 1. The molecule has 2 fully saturated rings. The number of piperidine rings is 1. The lowest BCUT2D eigenvalue weighted by Crippen LogP contribution is -2.41. The molecule has 1 amide bonds. The van der Waals surface area contributed by atoms with Gasteiger partial charge in [-0.1, -0.05) is 0 Å². The van der Waals surface area contributed by atoms with E-state index < -0.39 is 7.12 Å². The van der Waals surface area contributed by atoms with Crippen LogP contribution in [0.5, 0.6) is 6.01 Å². The monoisotopic (exact) mass is 375 g/mol. The van der Waals surface area contributed by atoms with E-state index in [9.17, 15) is 4.79 Å². The first kappa shape index (κ1) is 20.1. The number of carbonyl (C=O) groups is 1. The molecule has 7 nitrogen and oxygen atoms in total. The summed E-state index contributed by atoms with van der Waals surface area (Å²) in [6.45, 7) is 11.9. The van der Waals surface area contributed by atoms with Gasteiger partial charge in [-0.05, 0) is 52.9 Å². The summed E-state index contributed by atoms with van der Waals surface area (Å²) >= 11 is 0. The van der Waals surface area contributed by atoms with Crippen LogP contribution in [0.4, 0.5) is 0 Å².